The average molecular weight is 161 g/mol. The third-order valence-electron chi connectivity index (χ3n) is 2.04. The predicted molar refractivity (Wildman–Crippen MR) is 53.1 cm³/mol. The van der Waals surface area contributed by atoms with E-state index in [4.69, 9.17) is 5.41 Å². The van der Waals surface area contributed by atoms with Crippen molar-refractivity contribution in [1.29, 1.82) is 5.41 Å². The highest BCUT2D eigenvalue weighted by Gasteiger charge is 1.96. The van der Waals surface area contributed by atoms with Crippen LogP contribution in [-0.4, -0.2) is 6.21 Å². The van der Waals surface area contributed by atoms with Crippen molar-refractivity contribution in [1.82, 2.24) is 0 Å². The molecule has 1 rings (SSSR count). The largest absolute Gasteiger partial charge is 0.308 e. The van der Waals surface area contributed by atoms with Crippen LogP contribution in [0.4, 0.5) is 0 Å². The minimum absolute atomic E-state index is 1.04. The molecule has 0 unspecified atom stereocenters. The molecule has 0 saturated heterocycles. The molecule has 1 nitrogen and oxygen atoms in total. The van der Waals surface area contributed by atoms with Crippen molar-refractivity contribution in [3.8, 4) is 0 Å². The fourth-order valence-electron chi connectivity index (χ4n) is 1.29. The van der Waals surface area contributed by atoms with Gasteiger partial charge in [0, 0.05) is 6.21 Å². The summed E-state index contributed by atoms with van der Waals surface area (Å²) < 4.78 is 0. The lowest BCUT2D eigenvalue weighted by molar-refractivity contribution is 0.921. The maximum atomic E-state index is 7.19. The van der Waals surface area contributed by atoms with Crippen LogP contribution in [0, 0.1) is 12.3 Å². The van der Waals surface area contributed by atoms with Gasteiger partial charge in [0.1, 0.15) is 0 Å². The van der Waals surface area contributed by atoms with E-state index in [1.165, 1.54) is 23.8 Å². The summed E-state index contributed by atoms with van der Waals surface area (Å²) in [7, 11) is 0. The van der Waals surface area contributed by atoms with Crippen molar-refractivity contribution < 1.29 is 0 Å². The Kier molecular flexibility index (Phi) is 3.03. The van der Waals surface area contributed by atoms with Crippen LogP contribution in [0.1, 0.15) is 30.0 Å². The highest BCUT2D eigenvalue weighted by Crippen LogP contribution is 2.10. The van der Waals surface area contributed by atoms with E-state index in [9.17, 15) is 0 Å². The molecule has 0 spiro atoms. The van der Waals surface area contributed by atoms with Crippen molar-refractivity contribution in [3.05, 3.63) is 34.9 Å². The zero-order valence-corrected chi connectivity index (χ0v) is 7.72. The van der Waals surface area contributed by atoms with Gasteiger partial charge in [-0.3, -0.25) is 0 Å². The van der Waals surface area contributed by atoms with Crippen LogP contribution < -0.4 is 0 Å². The molecule has 0 saturated carbocycles. The van der Waals surface area contributed by atoms with Crippen LogP contribution in [0.2, 0.25) is 0 Å². The first-order valence-corrected chi connectivity index (χ1v) is 4.38. The molecule has 64 valence electrons. The van der Waals surface area contributed by atoms with Gasteiger partial charge in [0.05, 0.1) is 0 Å². The monoisotopic (exact) mass is 161 g/mol. The SMILES string of the molecule is CCCc1ccc(C)c(C=N)c1. The summed E-state index contributed by atoms with van der Waals surface area (Å²) in [6.45, 7) is 4.21. The summed E-state index contributed by atoms with van der Waals surface area (Å²) in [5, 5.41) is 7.19. The molecule has 0 aliphatic heterocycles. The molecule has 1 aromatic carbocycles. The van der Waals surface area contributed by atoms with E-state index < -0.39 is 0 Å². The van der Waals surface area contributed by atoms with Gasteiger partial charge in [-0.25, -0.2) is 0 Å². The minimum atomic E-state index is 1.04. The van der Waals surface area contributed by atoms with Gasteiger partial charge >= 0.3 is 0 Å². The maximum absolute atomic E-state index is 7.19. The molecule has 1 heteroatoms. The summed E-state index contributed by atoms with van der Waals surface area (Å²) in [6.07, 6.45) is 3.70. The van der Waals surface area contributed by atoms with Crippen LogP contribution >= 0.6 is 0 Å². The molecule has 1 aromatic rings. The fraction of sp³-hybridized carbons (Fsp3) is 0.364. The normalized spacial score (nSPS) is 9.83. The van der Waals surface area contributed by atoms with Gasteiger partial charge in [-0.05, 0) is 36.1 Å². The second-order valence-electron chi connectivity index (χ2n) is 3.09. The van der Waals surface area contributed by atoms with Crippen molar-refractivity contribution in [2.45, 2.75) is 26.7 Å². The maximum Gasteiger partial charge on any atom is 0.0253 e. The third-order valence-corrected chi connectivity index (χ3v) is 2.04. The smallest absolute Gasteiger partial charge is 0.0253 e. The van der Waals surface area contributed by atoms with Crippen molar-refractivity contribution in [2.75, 3.05) is 0 Å². The second kappa shape index (κ2) is 4.05. The topological polar surface area (TPSA) is 23.9 Å². The van der Waals surface area contributed by atoms with Crippen LogP contribution in [0.3, 0.4) is 0 Å². The van der Waals surface area contributed by atoms with Crippen LogP contribution in [-0.2, 0) is 6.42 Å². The Morgan fingerprint density at radius 1 is 1.42 bits per heavy atom. The highest BCUT2D eigenvalue weighted by molar-refractivity contribution is 5.79. The van der Waals surface area contributed by atoms with Gasteiger partial charge in [-0.2, -0.15) is 0 Å². The summed E-state index contributed by atoms with van der Waals surface area (Å²) in [6, 6.07) is 6.34. The Morgan fingerprint density at radius 3 is 2.75 bits per heavy atom. The minimum Gasteiger partial charge on any atom is -0.308 e. The van der Waals surface area contributed by atoms with E-state index in [1.54, 1.807) is 0 Å². The highest BCUT2D eigenvalue weighted by atomic mass is 14.3. The molecule has 0 aliphatic carbocycles. The number of hydrogen-bond donors (Lipinski definition) is 1. The second-order valence-corrected chi connectivity index (χ2v) is 3.09. The Bertz CT molecular complexity index is 276. The molecule has 0 aromatic heterocycles. The zero-order chi connectivity index (χ0) is 8.97. The summed E-state index contributed by atoms with van der Waals surface area (Å²) in [4.78, 5) is 0. The van der Waals surface area contributed by atoms with Crippen molar-refractivity contribution >= 4 is 6.21 Å². The Labute approximate surface area is 73.9 Å². The van der Waals surface area contributed by atoms with Crippen molar-refractivity contribution in [3.63, 3.8) is 0 Å². The lowest BCUT2D eigenvalue weighted by Gasteiger charge is -2.02. The van der Waals surface area contributed by atoms with E-state index in [1.807, 2.05) is 6.92 Å². The predicted octanol–water partition coefficient (Wildman–Crippen LogP) is 2.95. The van der Waals surface area contributed by atoms with Gasteiger partial charge in [0.2, 0.25) is 0 Å². The third kappa shape index (κ3) is 1.94. The van der Waals surface area contributed by atoms with E-state index >= 15 is 0 Å². The lowest BCUT2D eigenvalue weighted by Crippen LogP contribution is -1.90. The number of aryl methyl sites for hydroxylation is 2. The number of rotatable bonds is 3. The standard InChI is InChI=1S/C11H15N/c1-3-4-10-6-5-9(2)11(7-10)8-12/h5-8,12H,3-4H2,1-2H3. The molecular weight excluding hydrogens is 146 g/mol. The molecule has 0 fully saturated rings. The molecule has 1 N–H and O–H groups in total. The number of hydrogen-bond acceptors (Lipinski definition) is 1. The first kappa shape index (κ1) is 8.98. The molecule has 0 bridgehead atoms. The zero-order valence-electron chi connectivity index (χ0n) is 7.72. The first-order chi connectivity index (χ1) is 5.77. The number of nitrogens with one attached hydrogen (secondary N) is 1. The van der Waals surface area contributed by atoms with E-state index in [0.29, 0.717) is 0 Å². The summed E-state index contributed by atoms with van der Waals surface area (Å²) in [5.41, 5.74) is 3.56. The quantitative estimate of drug-likeness (QED) is 0.659. The fourth-order valence-corrected chi connectivity index (χ4v) is 1.29. The van der Waals surface area contributed by atoms with E-state index in [-0.39, 0.29) is 0 Å². The molecule has 0 amide bonds. The van der Waals surface area contributed by atoms with Crippen LogP contribution in [0.15, 0.2) is 18.2 Å². The molecule has 0 aliphatic rings. The van der Waals surface area contributed by atoms with E-state index in [0.717, 1.165) is 12.0 Å². The Morgan fingerprint density at radius 2 is 2.17 bits per heavy atom. The molecular formula is C11H15N. The summed E-state index contributed by atoms with van der Waals surface area (Å²) >= 11 is 0. The molecule has 0 heterocycles. The van der Waals surface area contributed by atoms with Gasteiger partial charge in [0.25, 0.3) is 0 Å². The van der Waals surface area contributed by atoms with Gasteiger partial charge in [-0.1, -0.05) is 25.5 Å². The summed E-state index contributed by atoms with van der Waals surface area (Å²) in [5.74, 6) is 0. The van der Waals surface area contributed by atoms with Crippen LogP contribution in [0.25, 0.3) is 0 Å². The van der Waals surface area contributed by atoms with Crippen LogP contribution in [0.5, 0.6) is 0 Å². The number of benzene rings is 1. The molecule has 0 atom stereocenters. The van der Waals surface area contributed by atoms with Gasteiger partial charge < -0.3 is 5.41 Å². The van der Waals surface area contributed by atoms with Crippen molar-refractivity contribution in [2.24, 2.45) is 0 Å². The molecule has 12 heavy (non-hydrogen) atoms. The van der Waals surface area contributed by atoms with Gasteiger partial charge in [-0.15, -0.1) is 0 Å². The first-order valence-electron chi connectivity index (χ1n) is 4.38. The van der Waals surface area contributed by atoms with Gasteiger partial charge in [0.15, 0.2) is 0 Å². The Hall–Kier alpha value is -1.11. The van der Waals surface area contributed by atoms with E-state index in [2.05, 4.69) is 25.1 Å². The average Bonchev–Trinajstić information content (AvgIpc) is 2.09. The Balaban J connectivity index is 2.96. The molecule has 0 radical (unpaired) electrons. The lowest BCUT2D eigenvalue weighted by atomic mass is 10.0.